The minimum Gasteiger partial charge on any atom is -0.314 e. The summed E-state index contributed by atoms with van der Waals surface area (Å²) in [5, 5.41) is 7.48. The quantitative estimate of drug-likeness (QED) is 0.637. The zero-order valence-electron chi connectivity index (χ0n) is 14.9. The summed E-state index contributed by atoms with van der Waals surface area (Å²) in [6.07, 6.45) is 10.8. The summed E-state index contributed by atoms with van der Waals surface area (Å²) in [7, 11) is 4.46. The molecule has 2 aliphatic heterocycles. The van der Waals surface area contributed by atoms with Crippen molar-refractivity contribution in [3.63, 3.8) is 0 Å². The van der Waals surface area contributed by atoms with E-state index in [9.17, 15) is 0 Å². The van der Waals surface area contributed by atoms with E-state index in [1.54, 1.807) is 0 Å². The number of rotatable bonds is 9. The third-order valence-electron chi connectivity index (χ3n) is 5.41. The molecule has 0 bridgehead atoms. The fourth-order valence-electron chi connectivity index (χ4n) is 3.64. The highest BCUT2D eigenvalue weighted by Gasteiger charge is 2.16. The van der Waals surface area contributed by atoms with Gasteiger partial charge < -0.3 is 20.4 Å². The first kappa shape index (κ1) is 18.2. The first-order chi connectivity index (χ1) is 10.7. The largest absolute Gasteiger partial charge is 0.314 e. The van der Waals surface area contributed by atoms with Gasteiger partial charge in [-0.05, 0) is 91.9 Å². The van der Waals surface area contributed by atoms with Crippen LogP contribution in [0.5, 0.6) is 0 Å². The molecule has 0 unspecified atom stereocenters. The van der Waals surface area contributed by atoms with Crippen LogP contribution < -0.4 is 10.6 Å². The van der Waals surface area contributed by atoms with E-state index in [4.69, 9.17) is 0 Å². The highest BCUT2D eigenvalue weighted by atomic mass is 15.1. The topological polar surface area (TPSA) is 30.5 Å². The second-order valence-electron chi connectivity index (χ2n) is 7.48. The van der Waals surface area contributed by atoms with Crippen LogP contribution in [-0.2, 0) is 0 Å². The zero-order chi connectivity index (χ0) is 15.6. The Bertz CT molecular complexity index is 240. The monoisotopic (exact) mass is 310 g/mol. The Morgan fingerprint density at radius 1 is 0.636 bits per heavy atom. The molecule has 2 fully saturated rings. The highest BCUT2D eigenvalue weighted by Crippen LogP contribution is 2.09. The van der Waals surface area contributed by atoms with E-state index < -0.39 is 0 Å². The molecule has 22 heavy (non-hydrogen) atoms. The van der Waals surface area contributed by atoms with Crippen molar-refractivity contribution in [1.82, 2.24) is 20.4 Å². The van der Waals surface area contributed by atoms with E-state index in [2.05, 4.69) is 34.5 Å². The predicted octanol–water partition coefficient (Wildman–Crippen LogP) is 1.91. The van der Waals surface area contributed by atoms with Crippen LogP contribution >= 0.6 is 0 Å². The molecule has 0 saturated carbocycles. The number of hydrogen-bond donors (Lipinski definition) is 2. The van der Waals surface area contributed by atoms with Crippen molar-refractivity contribution in [2.24, 2.45) is 0 Å². The van der Waals surface area contributed by atoms with Crippen molar-refractivity contribution in [2.75, 3.05) is 53.4 Å². The van der Waals surface area contributed by atoms with E-state index in [0.29, 0.717) is 0 Å². The van der Waals surface area contributed by atoms with Crippen LogP contribution in [0.2, 0.25) is 0 Å². The summed E-state index contributed by atoms with van der Waals surface area (Å²) >= 11 is 0. The molecule has 0 aromatic rings. The fraction of sp³-hybridized carbons (Fsp3) is 1.00. The Balaban J connectivity index is 1.34. The maximum absolute atomic E-state index is 3.74. The molecule has 0 aromatic carbocycles. The van der Waals surface area contributed by atoms with Crippen LogP contribution in [-0.4, -0.2) is 75.2 Å². The van der Waals surface area contributed by atoms with Gasteiger partial charge in [0.25, 0.3) is 0 Å². The van der Waals surface area contributed by atoms with Gasteiger partial charge >= 0.3 is 0 Å². The fourth-order valence-corrected chi connectivity index (χ4v) is 3.64. The van der Waals surface area contributed by atoms with Crippen LogP contribution in [0.3, 0.4) is 0 Å². The van der Waals surface area contributed by atoms with E-state index in [-0.39, 0.29) is 0 Å². The Morgan fingerprint density at radius 3 is 1.36 bits per heavy atom. The summed E-state index contributed by atoms with van der Waals surface area (Å²) in [5.74, 6) is 0. The summed E-state index contributed by atoms with van der Waals surface area (Å²) in [4.78, 5) is 4.88. The molecule has 130 valence electrons. The Kier molecular flexibility index (Phi) is 8.75. The maximum Gasteiger partial charge on any atom is 0.00914 e. The number of likely N-dealkylation sites (tertiary alicyclic amines) is 2. The molecule has 0 aromatic heterocycles. The van der Waals surface area contributed by atoms with Gasteiger partial charge in [0.1, 0.15) is 0 Å². The van der Waals surface area contributed by atoms with Crippen LogP contribution in [0.1, 0.15) is 51.4 Å². The summed E-state index contributed by atoms with van der Waals surface area (Å²) in [6, 6.07) is 1.56. The van der Waals surface area contributed by atoms with E-state index in [1.165, 1.54) is 90.6 Å². The molecule has 2 heterocycles. The third-order valence-corrected chi connectivity index (χ3v) is 5.41. The van der Waals surface area contributed by atoms with Gasteiger partial charge in [-0.1, -0.05) is 12.8 Å². The van der Waals surface area contributed by atoms with Crippen molar-refractivity contribution < 1.29 is 0 Å². The normalized spacial score (nSPS) is 23.2. The first-order valence-electron chi connectivity index (χ1n) is 9.58. The SMILES string of the molecule is CN1CCC(NCCCCCCNC2CCN(C)CC2)CC1. The van der Waals surface area contributed by atoms with Gasteiger partial charge in [0.2, 0.25) is 0 Å². The molecule has 0 atom stereocenters. The van der Waals surface area contributed by atoms with Gasteiger partial charge in [0, 0.05) is 12.1 Å². The van der Waals surface area contributed by atoms with E-state index in [0.717, 1.165) is 12.1 Å². The molecule has 0 amide bonds. The Hall–Kier alpha value is -0.160. The minimum absolute atomic E-state index is 0.780. The summed E-state index contributed by atoms with van der Waals surface area (Å²) < 4.78 is 0. The predicted molar refractivity (Wildman–Crippen MR) is 95.5 cm³/mol. The molecule has 2 aliphatic rings. The molecule has 2 saturated heterocycles. The van der Waals surface area contributed by atoms with Crippen molar-refractivity contribution >= 4 is 0 Å². The smallest absolute Gasteiger partial charge is 0.00914 e. The molecular formula is C18H38N4. The van der Waals surface area contributed by atoms with Crippen molar-refractivity contribution in [3.8, 4) is 0 Å². The Labute approximate surface area is 138 Å². The Morgan fingerprint density at radius 2 is 1.00 bits per heavy atom. The lowest BCUT2D eigenvalue weighted by Gasteiger charge is -2.29. The molecule has 0 radical (unpaired) electrons. The van der Waals surface area contributed by atoms with Crippen LogP contribution in [0.25, 0.3) is 0 Å². The van der Waals surface area contributed by atoms with E-state index >= 15 is 0 Å². The zero-order valence-corrected chi connectivity index (χ0v) is 14.9. The summed E-state index contributed by atoms with van der Waals surface area (Å²) in [6.45, 7) is 7.49. The van der Waals surface area contributed by atoms with Crippen LogP contribution in [0, 0.1) is 0 Å². The number of nitrogens with zero attached hydrogens (tertiary/aromatic N) is 2. The molecule has 2 rings (SSSR count). The minimum atomic E-state index is 0.780. The molecule has 0 aliphatic carbocycles. The van der Waals surface area contributed by atoms with E-state index in [1.807, 2.05) is 0 Å². The average Bonchev–Trinajstić information content (AvgIpc) is 2.53. The molecule has 2 N–H and O–H groups in total. The third kappa shape index (κ3) is 7.40. The lowest BCUT2D eigenvalue weighted by Crippen LogP contribution is -2.41. The van der Waals surface area contributed by atoms with Gasteiger partial charge in [-0.3, -0.25) is 0 Å². The van der Waals surface area contributed by atoms with Crippen molar-refractivity contribution in [1.29, 1.82) is 0 Å². The van der Waals surface area contributed by atoms with Crippen molar-refractivity contribution in [2.45, 2.75) is 63.5 Å². The highest BCUT2D eigenvalue weighted by molar-refractivity contribution is 4.76. The number of unbranched alkanes of at least 4 members (excludes halogenated alkanes) is 3. The second-order valence-corrected chi connectivity index (χ2v) is 7.48. The van der Waals surface area contributed by atoms with Gasteiger partial charge in [0.05, 0.1) is 0 Å². The van der Waals surface area contributed by atoms with Gasteiger partial charge in [-0.15, -0.1) is 0 Å². The number of nitrogens with one attached hydrogen (secondary N) is 2. The molecule has 4 nitrogen and oxygen atoms in total. The maximum atomic E-state index is 3.74. The molecule has 0 spiro atoms. The van der Waals surface area contributed by atoms with Crippen LogP contribution in [0.4, 0.5) is 0 Å². The van der Waals surface area contributed by atoms with Crippen LogP contribution in [0.15, 0.2) is 0 Å². The van der Waals surface area contributed by atoms with Crippen molar-refractivity contribution in [3.05, 3.63) is 0 Å². The molecule has 4 heteroatoms. The average molecular weight is 311 g/mol. The van der Waals surface area contributed by atoms with Gasteiger partial charge in [0.15, 0.2) is 0 Å². The lowest BCUT2D eigenvalue weighted by atomic mass is 10.0. The first-order valence-corrected chi connectivity index (χ1v) is 9.58. The summed E-state index contributed by atoms with van der Waals surface area (Å²) in [5.41, 5.74) is 0. The number of hydrogen-bond acceptors (Lipinski definition) is 4. The van der Waals surface area contributed by atoms with Gasteiger partial charge in [-0.2, -0.15) is 0 Å². The molecular weight excluding hydrogens is 272 g/mol. The standard InChI is InChI=1S/C18H38N4/c1-21-13-7-17(8-14-21)19-11-5-3-4-6-12-20-18-9-15-22(2)16-10-18/h17-20H,3-16H2,1-2H3. The lowest BCUT2D eigenvalue weighted by molar-refractivity contribution is 0.233. The second kappa shape index (κ2) is 10.6. The van der Waals surface area contributed by atoms with Gasteiger partial charge in [-0.25, -0.2) is 0 Å². The number of piperidine rings is 2.